The van der Waals surface area contributed by atoms with Crippen LogP contribution in [0.2, 0.25) is 0 Å². The number of aryl methyl sites for hydroxylation is 2. The van der Waals surface area contributed by atoms with Gasteiger partial charge in [0.2, 0.25) is 0 Å². The predicted molar refractivity (Wildman–Crippen MR) is 125 cm³/mol. The molecular weight excluding hydrogens is 400 g/mol. The van der Waals surface area contributed by atoms with E-state index < -0.39 is 0 Å². The molecule has 0 amide bonds. The molecule has 2 aromatic carbocycles. The number of hydrogen-bond acceptors (Lipinski definition) is 5. The van der Waals surface area contributed by atoms with Crippen LogP contribution in [0, 0.1) is 13.8 Å². The Hall–Kier alpha value is -3.32. The number of nitrogens with zero attached hydrogens (tertiary/aromatic N) is 5. The third kappa shape index (κ3) is 3.96. The molecule has 0 radical (unpaired) electrons. The van der Waals surface area contributed by atoms with Crippen LogP contribution in [0.1, 0.15) is 53.4 Å². The van der Waals surface area contributed by atoms with Crippen LogP contribution in [0.5, 0.6) is 0 Å². The molecule has 2 aromatic heterocycles. The summed E-state index contributed by atoms with van der Waals surface area (Å²) in [5.74, 6) is 0.713. The molecule has 0 bridgehead atoms. The van der Waals surface area contributed by atoms with Crippen molar-refractivity contribution in [1.29, 1.82) is 0 Å². The first kappa shape index (κ1) is 20.6. The largest absolute Gasteiger partial charge is 0.321 e. The number of rotatable bonds is 5. The number of fused-ring (bicyclic) bond motifs is 1. The van der Waals surface area contributed by atoms with Gasteiger partial charge in [-0.2, -0.15) is 0 Å². The van der Waals surface area contributed by atoms with Crippen molar-refractivity contribution in [2.75, 3.05) is 13.1 Å². The molecule has 1 atom stereocenters. The molecule has 0 saturated carbocycles. The standard InChI is InChI=1S/C25H28N6O/c1-17-13-18(2)22-20(14-17)15-21(25(32)26-22)23(30-11-7-4-8-12-30)24-27-28-29-31(24)16-19-9-5-3-6-10-19/h3,5-6,9-10,13-15,23H,4,7-8,11-12,16H2,1-2H3,(H,26,32). The average Bonchev–Trinajstić information content (AvgIpc) is 3.24. The smallest absolute Gasteiger partial charge is 0.253 e. The Morgan fingerprint density at radius 2 is 1.81 bits per heavy atom. The number of aromatic nitrogens is 5. The van der Waals surface area contributed by atoms with Crippen molar-refractivity contribution in [3.63, 3.8) is 0 Å². The maximum atomic E-state index is 13.4. The Bertz CT molecular complexity index is 1290. The molecule has 1 aliphatic rings. The fraction of sp³-hybridized carbons (Fsp3) is 0.360. The van der Waals surface area contributed by atoms with E-state index in [0.29, 0.717) is 17.9 Å². The van der Waals surface area contributed by atoms with Crippen LogP contribution in [0.15, 0.2) is 53.3 Å². The number of aromatic amines is 1. The Kier molecular flexibility index (Phi) is 5.57. The third-order valence-corrected chi connectivity index (χ3v) is 6.35. The summed E-state index contributed by atoms with van der Waals surface area (Å²) < 4.78 is 1.83. The number of pyridine rings is 1. The minimum absolute atomic E-state index is 0.0747. The first-order valence-electron chi connectivity index (χ1n) is 11.3. The van der Waals surface area contributed by atoms with Gasteiger partial charge in [0.1, 0.15) is 6.04 Å². The van der Waals surface area contributed by atoms with Gasteiger partial charge in [-0.05, 0) is 78.9 Å². The molecule has 0 aliphatic carbocycles. The van der Waals surface area contributed by atoms with Gasteiger partial charge in [0.25, 0.3) is 5.56 Å². The second-order valence-electron chi connectivity index (χ2n) is 8.78. The minimum atomic E-state index is -0.289. The van der Waals surface area contributed by atoms with Crippen LogP contribution in [0.4, 0.5) is 0 Å². The maximum Gasteiger partial charge on any atom is 0.253 e. The lowest BCUT2D eigenvalue weighted by molar-refractivity contribution is 0.177. The van der Waals surface area contributed by atoms with Crippen molar-refractivity contribution in [3.05, 3.63) is 87.0 Å². The molecule has 4 aromatic rings. The molecule has 1 saturated heterocycles. The van der Waals surface area contributed by atoms with E-state index >= 15 is 0 Å². The molecule has 1 fully saturated rings. The summed E-state index contributed by atoms with van der Waals surface area (Å²) in [7, 11) is 0. The zero-order valence-electron chi connectivity index (χ0n) is 18.6. The summed E-state index contributed by atoms with van der Waals surface area (Å²) >= 11 is 0. The number of tetrazole rings is 1. The van der Waals surface area contributed by atoms with E-state index in [1.807, 2.05) is 35.9 Å². The summed E-state index contributed by atoms with van der Waals surface area (Å²) in [6.07, 6.45) is 3.44. The molecule has 0 spiro atoms. The second kappa shape index (κ2) is 8.67. The van der Waals surface area contributed by atoms with Crippen molar-refractivity contribution in [2.45, 2.75) is 45.7 Å². The molecule has 32 heavy (non-hydrogen) atoms. The molecule has 3 heterocycles. The Morgan fingerprint density at radius 1 is 1.03 bits per heavy atom. The van der Waals surface area contributed by atoms with Gasteiger partial charge in [-0.25, -0.2) is 4.68 Å². The average molecular weight is 429 g/mol. The molecule has 1 aliphatic heterocycles. The van der Waals surface area contributed by atoms with Crippen molar-refractivity contribution < 1.29 is 0 Å². The number of likely N-dealkylation sites (tertiary alicyclic amines) is 1. The van der Waals surface area contributed by atoms with Crippen molar-refractivity contribution in [2.24, 2.45) is 0 Å². The van der Waals surface area contributed by atoms with E-state index in [1.165, 1.54) is 12.0 Å². The van der Waals surface area contributed by atoms with Crippen LogP contribution in [0.25, 0.3) is 10.9 Å². The first-order valence-corrected chi connectivity index (χ1v) is 11.3. The van der Waals surface area contributed by atoms with Crippen LogP contribution in [-0.4, -0.2) is 43.2 Å². The quantitative estimate of drug-likeness (QED) is 0.524. The molecule has 7 heteroatoms. The highest BCUT2D eigenvalue weighted by molar-refractivity contribution is 5.83. The summed E-state index contributed by atoms with van der Waals surface area (Å²) in [6, 6.07) is 16.1. The van der Waals surface area contributed by atoms with Crippen molar-refractivity contribution in [1.82, 2.24) is 30.1 Å². The van der Waals surface area contributed by atoms with Gasteiger partial charge in [0.15, 0.2) is 5.82 Å². The van der Waals surface area contributed by atoms with Crippen LogP contribution < -0.4 is 5.56 Å². The number of hydrogen-bond donors (Lipinski definition) is 1. The second-order valence-corrected chi connectivity index (χ2v) is 8.78. The fourth-order valence-electron chi connectivity index (χ4n) is 4.86. The molecular formula is C25H28N6O. The Labute approximate surface area is 187 Å². The van der Waals surface area contributed by atoms with Gasteiger partial charge in [-0.15, -0.1) is 5.10 Å². The van der Waals surface area contributed by atoms with Crippen LogP contribution >= 0.6 is 0 Å². The van der Waals surface area contributed by atoms with E-state index in [-0.39, 0.29) is 11.6 Å². The molecule has 5 rings (SSSR count). The van der Waals surface area contributed by atoms with E-state index in [1.54, 1.807) is 0 Å². The van der Waals surface area contributed by atoms with Gasteiger partial charge in [-0.3, -0.25) is 9.69 Å². The Balaban J connectivity index is 1.64. The lowest BCUT2D eigenvalue weighted by atomic mass is 9.99. The SMILES string of the molecule is Cc1cc(C)c2[nH]c(=O)c(C(c3nnnn3Cc3ccccc3)N3CCCCC3)cc2c1. The van der Waals surface area contributed by atoms with E-state index in [4.69, 9.17) is 0 Å². The maximum absolute atomic E-state index is 13.4. The predicted octanol–water partition coefficient (Wildman–Crippen LogP) is 3.76. The fourth-order valence-corrected chi connectivity index (χ4v) is 4.86. The summed E-state index contributed by atoms with van der Waals surface area (Å²) in [5, 5.41) is 13.8. The Morgan fingerprint density at radius 3 is 2.59 bits per heavy atom. The summed E-state index contributed by atoms with van der Waals surface area (Å²) in [4.78, 5) is 18.9. The van der Waals surface area contributed by atoms with Gasteiger partial charge in [-0.1, -0.05) is 48.4 Å². The highest BCUT2D eigenvalue weighted by Gasteiger charge is 2.31. The van der Waals surface area contributed by atoms with Crippen LogP contribution in [-0.2, 0) is 6.54 Å². The topological polar surface area (TPSA) is 79.7 Å². The van der Waals surface area contributed by atoms with Gasteiger partial charge in [0.05, 0.1) is 12.1 Å². The minimum Gasteiger partial charge on any atom is -0.321 e. The highest BCUT2D eigenvalue weighted by atomic mass is 16.1. The van der Waals surface area contributed by atoms with Gasteiger partial charge < -0.3 is 4.98 Å². The number of benzene rings is 2. The normalized spacial score (nSPS) is 15.8. The van der Waals surface area contributed by atoms with E-state index in [9.17, 15) is 4.79 Å². The molecule has 7 nitrogen and oxygen atoms in total. The van der Waals surface area contributed by atoms with Crippen molar-refractivity contribution >= 4 is 10.9 Å². The number of nitrogens with one attached hydrogen (secondary N) is 1. The van der Waals surface area contributed by atoms with E-state index in [0.717, 1.165) is 48.0 Å². The third-order valence-electron chi connectivity index (χ3n) is 6.35. The van der Waals surface area contributed by atoms with Crippen LogP contribution in [0.3, 0.4) is 0 Å². The van der Waals surface area contributed by atoms with Gasteiger partial charge >= 0.3 is 0 Å². The number of piperidine rings is 1. The lowest BCUT2D eigenvalue weighted by Gasteiger charge is -2.33. The zero-order chi connectivity index (χ0) is 22.1. The van der Waals surface area contributed by atoms with Crippen molar-refractivity contribution in [3.8, 4) is 0 Å². The zero-order valence-corrected chi connectivity index (χ0v) is 18.6. The summed E-state index contributed by atoms with van der Waals surface area (Å²) in [5.41, 5.74) is 4.90. The van der Waals surface area contributed by atoms with Gasteiger partial charge in [0, 0.05) is 5.56 Å². The molecule has 164 valence electrons. The highest BCUT2D eigenvalue weighted by Crippen LogP contribution is 2.30. The summed E-state index contributed by atoms with van der Waals surface area (Å²) in [6.45, 7) is 6.53. The monoisotopic (exact) mass is 428 g/mol. The molecule has 1 unspecified atom stereocenters. The first-order chi connectivity index (χ1) is 15.6. The molecule has 1 N–H and O–H groups in total. The number of H-pyrrole nitrogens is 1. The van der Waals surface area contributed by atoms with E-state index in [2.05, 4.69) is 56.6 Å². The lowest BCUT2D eigenvalue weighted by Crippen LogP contribution is -2.38.